The van der Waals surface area contributed by atoms with Crippen molar-refractivity contribution in [2.75, 3.05) is 12.1 Å². The predicted molar refractivity (Wildman–Crippen MR) is 46.3 cm³/mol. The van der Waals surface area contributed by atoms with Gasteiger partial charge in [-0.2, -0.15) is 0 Å². The first-order chi connectivity index (χ1) is 5.09. The van der Waals surface area contributed by atoms with E-state index in [0.29, 0.717) is 0 Å². The van der Waals surface area contributed by atoms with Crippen LogP contribution in [0.2, 0.25) is 0 Å². The normalized spacial score (nSPS) is 9.82. The summed E-state index contributed by atoms with van der Waals surface area (Å²) in [7, 11) is 1.78. The molecule has 3 nitrogen and oxygen atoms in total. The molecule has 0 saturated carbocycles. The molecule has 0 fully saturated rings. The van der Waals surface area contributed by atoms with Crippen molar-refractivity contribution in [2.24, 2.45) is 5.84 Å². The highest BCUT2D eigenvalue weighted by molar-refractivity contribution is 5.39. The molecule has 0 atom stereocenters. The molecule has 0 aliphatic heterocycles. The van der Waals surface area contributed by atoms with Crippen LogP contribution in [0.15, 0.2) is 12.1 Å². The zero-order chi connectivity index (χ0) is 8.43. The Morgan fingerprint density at radius 2 is 2.00 bits per heavy atom. The smallest absolute Gasteiger partial charge is 0.142 e. The van der Waals surface area contributed by atoms with Crippen molar-refractivity contribution in [1.82, 2.24) is 4.98 Å². The predicted octanol–water partition coefficient (Wildman–Crippen LogP) is 1.01. The molecule has 0 radical (unpaired) electrons. The topological polar surface area (TPSA) is 42.2 Å². The molecular weight excluding hydrogens is 138 g/mol. The van der Waals surface area contributed by atoms with Crippen molar-refractivity contribution in [2.45, 2.75) is 13.8 Å². The molecule has 2 N–H and O–H groups in total. The van der Waals surface area contributed by atoms with Crippen LogP contribution >= 0.6 is 0 Å². The summed E-state index contributed by atoms with van der Waals surface area (Å²) < 4.78 is 0. The second-order valence-electron chi connectivity index (χ2n) is 2.75. The van der Waals surface area contributed by atoms with Crippen molar-refractivity contribution in [1.29, 1.82) is 0 Å². The van der Waals surface area contributed by atoms with Gasteiger partial charge in [0.1, 0.15) is 5.82 Å². The van der Waals surface area contributed by atoms with Gasteiger partial charge in [0.15, 0.2) is 0 Å². The second kappa shape index (κ2) is 2.88. The molecule has 3 heteroatoms. The Morgan fingerprint density at radius 1 is 1.36 bits per heavy atom. The third kappa shape index (κ3) is 1.91. The van der Waals surface area contributed by atoms with Gasteiger partial charge >= 0.3 is 0 Å². The molecule has 0 unspecified atom stereocenters. The van der Waals surface area contributed by atoms with Gasteiger partial charge in [0.25, 0.3) is 0 Å². The molecule has 11 heavy (non-hydrogen) atoms. The summed E-state index contributed by atoms with van der Waals surface area (Å²) in [6.07, 6.45) is 0. The quantitative estimate of drug-likeness (QED) is 0.481. The fraction of sp³-hybridized carbons (Fsp3) is 0.375. The maximum Gasteiger partial charge on any atom is 0.142 e. The number of hydrogen-bond donors (Lipinski definition) is 1. The molecule has 60 valence electrons. The molecule has 0 spiro atoms. The molecule has 0 aliphatic rings. The van der Waals surface area contributed by atoms with E-state index in [-0.39, 0.29) is 0 Å². The molecular formula is C8H13N3. The lowest BCUT2D eigenvalue weighted by Crippen LogP contribution is -2.26. The van der Waals surface area contributed by atoms with E-state index in [1.807, 2.05) is 26.0 Å². The summed E-state index contributed by atoms with van der Waals surface area (Å²) in [4.78, 5) is 4.23. The Bertz CT molecular complexity index is 235. The van der Waals surface area contributed by atoms with Gasteiger partial charge in [-0.15, -0.1) is 0 Å². The van der Waals surface area contributed by atoms with E-state index in [1.165, 1.54) is 10.6 Å². The minimum atomic E-state index is 0.808. The lowest BCUT2D eigenvalue weighted by Gasteiger charge is -2.11. The zero-order valence-electron chi connectivity index (χ0n) is 7.13. The van der Waals surface area contributed by atoms with Gasteiger partial charge < -0.3 is 0 Å². The van der Waals surface area contributed by atoms with Crippen molar-refractivity contribution in [3.05, 3.63) is 23.4 Å². The summed E-state index contributed by atoms with van der Waals surface area (Å²) in [5.74, 6) is 6.33. The summed E-state index contributed by atoms with van der Waals surface area (Å²) in [6.45, 7) is 3.99. The zero-order valence-corrected chi connectivity index (χ0v) is 7.13. The number of nitrogens with two attached hydrogens (primary N) is 1. The summed E-state index contributed by atoms with van der Waals surface area (Å²) in [5.41, 5.74) is 2.18. The SMILES string of the molecule is Cc1cc(C)nc(N(C)N)c1. The van der Waals surface area contributed by atoms with Crippen molar-refractivity contribution < 1.29 is 0 Å². The van der Waals surface area contributed by atoms with Crippen LogP contribution in [0.1, 0.15) is 11.3 Å². The average molecular weight is 151 g/mol. The number of nitrogens with zero attached hydrogens (tertiary/aromatic N) is 2. The monoisotopic (exact) mass is 151 g/mol. The van der Waals surface area contributed by atoms with Crippen molar-refractivity contribution in [3.63, 3.8) is 0 Å². The Hall–Kier alpha value is -1.09. The highest BCUT2D eigenvalue weighted by Gasteiger charge is 1.97. The van der Waals surface area contributed by atoms with Crippen molar-refractivity contribution >= 4 is 5.82 Å². The van der Waals surface area contributed by atoms with E-state index < -0.39 is 0 Å². The van der Waals surface area contributed by atoms with E-state index in [1.54, 1.807) is 7.05 Å². The van der Waals surface area contributed by atoms with Crippen LogP contribution in [-0.4, -0.2) is 12.0 Å². The van der Waals surface area contributed by atoms with Crippen LogP contribution in [0.3, 0.4) is 0 Å². The maximum absolute atomic E-state index is 5.52. The van der Waals surface area contributed by atoms with Gasteiger partial charge in [-0.1, -0.05) is 0 Å². The van der Waals surface area contributed by atoms with Gasteiger partial charge in [-0.3, -0.25) is 5.01 Å². The first kappa shape index (κ1) is 8.01. The maximum atomic E-state index is 5.52. The van der Waals surface area contributed by atoms with E-state index in [0.717, 1.165) is 11.5 Å². The van der Waals surface area contributed by atoms with Crippen molar-refractivity contribution in [3.8, 4) is 0 Å². The third-order valence-electron chi connectivity index (χ3n) is 1.45. The Kier molecular flexibility index (Phi) is 2.10. The Balaban J connectivity index is 3.08. The first-order valence-corrected chi connectivity index (χ1v) is 3.53. The van der Waals surface area contributed by atoms with Gasteiger partial charge in [0.05, 0.1) is 0 Å². The number of hydrogen-bond acceptors (Lipinski definition) is 3. The van der Waals surface area contributed by atoms with Crippen LogP contribution < -0.4 is 10.9 Å². The summed E-state index contributed by atoms with van der Waals surface area (Å²) in [5, 5.41) is 1.51. The fourth-order valence-corrected chi connectivity index (χ4v) is 1.00. The molecule has 0 amide bonds. The second-order valence-corrected chi connectivity index (χ2v) is 2.75. The summed E-state index contributed by atoms with van der Waals surface area (Å²) in [6, 6.07) is 3.97. The van der Waals surface area contributed by atoms with Gasteiger partial charge in [0.2, 0.25) is 0 Å². The molecule has 1 aromatic rings. The van der Waals surface area contributed by atoms with Gasteiger partial charge in [-0.05, 0) is 31.5 Å². The number of pyridine rings is 1. The molecule has 0 bridgehead atoms. The van der Waals surface area contributed by atoms with Crippen LogP contribution in [0.25, 0.3) is 0 Å². The number of rotatable bonds is 1. The van der Waals surface area contributed by atoms with Crippen LogP contribution in [0.4, 0.5) is 5.82 Å². The van der Waals surface area contributed by atoms with E-state index in [9.17, 15) is 0 Å². The first-order valence-electron chi connectivity index (χ1n) is 3.53. The lowest BCUT2D eigenvalue weighted by atomic mass is 10.2. The number of anilines is 1. The van der Waals surface area contributed by atoms with Gasteiger partial charge in [0, 0.05) is 12.7 Å². The summed E-state index contributed by atoms with van der Waals surface area (Å²) >= 11 is 0. The van der Waals surface area contributed by atoms with Gasteiger partial charge in [-0.25, -0.2) is 10.8 Å². The minimum Gasteiger partial charge on any atom is -0.298 e. The molecule has 0 aromatic carbocycles. The number of hydrazine groups is 1. The fourth-order valence-electron chi connectivity index (χ4n) is 1.00. The molecule has 0 saturated heterocycles. The molecule has 1 aromatic heterocycles. The lowest BCUT2D eigenvalue weighted by molar-refractivity contribution is 0.962. The van der Waals surface area contributed by atoms with E-state index >= 15 is 0 Å². The van der Waals surface area contributed by atoms with Crippen LogP contribution in [0.5, 0.6) is 0 Å². The number of aryl methyl sites for hydroxylation is 2. The highest BCUT2D eigenvalue weighted by Crippen LogP contribution is 2.09. The minimum absolute atomic E-state index is 0.808. The molecule has 1 rings (SSSR count). The number of aromatic nitrogens is 1. The largest absolute Gasteiger partial charge is 0.298 e. The van der Waals surface area contributed by atoms with Crippen LogP contribution in [-0.2, 0) is 0 Å². The Morgan fingerprint density at radius 3 is 2.45 bits per heavy atom. The Labute approximate surface area is 66.8 Å². The average Bonchev–Trinajstić information content (AvgIpc) is 1.85. The highest BCUT2D eigenvalue weighted by atomic mass is 15.4. The molecule has 0 aliphatic carbocycles. The van der Waals surface area contributed by atoms with Crippen LogP contribution in [0, 0.1) is 13.8 Å². The standard InChI is InChI=1S/C8H13N3/c1-6-4-7(2)10-8(5-6)11(3)9/h4-5H,9H2,1-3H3. The van der Waals surface area contributed by atoms with E-state index in [2.05, 4.69) is 4.98 Å². The third-order valence-corrected chi connectivity index (χ3v) is 1.45. The molecule has 1 heterocycles. The van der Waals surface area contributed by atoms with E-state index in [4.69, 9.17) is 5.84 Å².